The van der Waals surface area contributed by atoms with Crippen LogP contribution >= 0.6 is 0 Å². The summed E-state index contributed by atoms with van der Waals surface area (Å²) >= 11 is 0. The number of aromatic nitrogens is 2. The lowest BCUT2D eigenvalue weighted by atomic mass is 10.2. The lowest BCUT2D eigenvalue weighted by molar-refractivity contribution is 0.102. The summed E-state index contributed by atoms with van der Waals surface area (Å²) in [6.07, 6.45) is 1.61. The first-order valence-corrected chi connectivity index (χ1v) is 8.08. The van der Waals surface area contributed by atoms with E-state index in [0.717, 1.165) is 16.8 Å². The third-order valence-electron chi connectivity index (χ3n) is 3.87. The molecule has 25 heavy (non-hydrogen) atoms. The number of nitrogens with one attached hydrogen (secondary N) is 1. The van der Waals surface area contributed by atoms with Crippen LogP contribution in [0.25, 0.3) is 0 Å². The van der Waals surface area contributed by atoms with E-state index in [1.165, 1.54) is 0 Å². The number of aryl methyl sites for hydroxylation is 1. The van der Waals surface area contributed by atoms with Gasteiger partial charge in [-0.1, -0.05) is 48.5 Å². The van der Waals surface area contributed by atoms with Crippen LogP contribution in [-0.2, 0) is 6.54 Å². The summed E-state index contributed by atoms with van der Waals surface area (Å²) in [4.78, 5) is 23.1. The Balaban J connectivity index is 1.74. The average molecular weight is 332 g/mol. The summed E-state index contributed by atoms with van der Waals surface area (Å²) in [5.41, 5.74) is 3.29. The fourth-order valence-electron chi connectivity index (χ4n) is 2.49. The molecule has 0 aliphatic heterocycles. The molecule has 0 spiro atoms. The fourth-order valence-corrected chi connectivity index (χ4v) is 2.49. The quantitative estimate of drug-likeness (QED) is 0.774. The first-order chi connectivity index (χ1) is 12.1. The third-order valence-corrected chi connectivity index (χ3v) is 3.87. The average Bonchev–Trinajstić information content (AvgIpc) is 2.64. The first-order valence-electron chi connectivity index (χ1n) is 8.08. The van der Waals surface area contributed by atoms with Crippen molar-refractivity contribution in [1.29, 1.82) is 0 Å². The second-order valence-corrected chi connectivity index (χ2v) is 5.85. The molecular formula is C20H20N4O. The molecule has 5 nitrogen and oxygen atoms in total. The van der Waals surface area contributed by atoms with Gasteiger partial charge in [-0.2, -0.15) is 0 Å². The second kappa shape index (κ2) is 7.57. The topological polar surface area (TPSA) is 58.1 Å². The van der Waals surface area contributed by atoms with Gasteiger partial charge in [-0.3, -0.25) is 4.79 Å². The van der Waals surface area contributed by atoms with E-state index in [1.54, 1.807) is 12.3 Å². The Bertz CT molecular complexity index is 864. The molecule has 3 rings (SSSR count). The molecule has 0 aliphatic rings. The lowest BCUT2D eigenvalue weighted by Crippen LogP contribution is -2.21. The van der Waals surface area contributed by atoms with E-state index >= 15 is 0 Å². The van der Waals surface area contributed by atoms with Gasteiger partial charge in [0.25, 0.3) is 5.91 Å². The van der Waals surface area contributed by atoms with Crippen LogP contribution in [0.5, 0.6) is 0 Å². The van der Waals surface area contributed by atoms with E-state index in [9.17, 15) is 4.79 Å². The number of rotatable bonds is 5. The zero-order chi connectivity index (χ0) is 17.6. The number of hydrogen-bond acceptors (Lipinski definition) is 4. The zero-order valence-corrected chi connectivity index (χ0v) is 14.3. The molecule has 0 atom stereocenters. The normalized spacial score (nSPS) is 10.3. The van der Waals surface area contributed by atoms with Gasteiger partial charge in [-0.15, -0.1) is 0 Å². The number of carbonyl (C=O) groups is 1. The highest BCUT2D eigenvalue weighted by Gasteiger charge is 2.12. The van der Waals surface area contributed by atoms with E-state index in [4.69, 9.17) is 0 Å². The molecule has 0 aliphatic carbocycles. The van der Waals surface area contributed by atoms with Crippen molar-refractivity contribution in [3.8, 4) is 0 Å². The summed E-state index contributed by atoms with van der Waals surface area (Å²) in [7, 11) is 1.91. The van der Waals surface area contributed by atoms with E-state index < -0.39 is 0 Å². The van der Waals surface area contributed by atoms with Crippen molar-refractivity contribution >= 4 is 17.5 Å². The van der Waals surface area contributed by atoms with E-state index in [0.29, 0.717) is 18.2 Å². The largest absolute Gasteiger partial charge is 0.340 e. The standard InChI is InChI=1S/C20H20N4O/c1-15-8-6-7-11-17(15)22-19(25)18-12-13-21-20(23-18)24(2)14-16-9-4-3-5-10-16/h3-13H,14H2,1-2H3,(H,22,25). The van der Waals surface area contributed by atoms with Gasteiger partial charge < -0.3 is 10.2 Å². The molecule has 0 radical (unpaired) electrons. The van der Waals surface area contributed by atoms with Gasteiger partial charge in [0, 0.05) is 25.5 Å². The Kier molecular flexibility index (Phi) is 5.04. The summed E-state index contributed by atoms with van der Waals surface area (Å²) < 4.78 is 0. The van der Waals surface area contributed by atoms with Gasteiger partial charge >= 0.3 is 0 Å². The van der Waals surface area contributed by atoms with Crippen molar-refractivity contribution in [3.63, 3.8) is 0 Å². The van der Waals surface area contributed by atoms with Crippen LogP contribution in [0.2, 0.25) is 0 Å². The van der Waals surface area contributed by atoms with Crippen LogP contribution in [0, 0.1) is 6.92 Å². The maximum Gasteiger partial charge on any atom is 0.274 e. The Morgan fingerprint density at radius 3 is 2.52 bits per heavy atom. The highest BCUT2D eigenvalue weighted by atomic mass is 16.1. The number of anilines is 2. The molecule has 0 bridgehead atoms. The highest BCUT2D eigenvalue weighted by molar-refractivity contribution is 6.03. The van der Waals surface area contributed by atoms with Crippen LogP contribution < -0.4 is 10.2 Å². The third kappa shape index (κ3) is 4.20. The van der Waals surface area contributed by atoms with E-state index in [1.807, 2.05) is 73.5 Å². The van der Waals surface area contributed by atoms with Crippen molar-refractivity contribution in [1.82, 2.24) is 9.97 Å². The maximum atomic E-state index is 12.5. The minimum atomic E-state index is -0.244. The number of para-hydroxylation sites is 1. The van der Waals surface area contributed by atoms with E-state index in [-0.39, 0.29) is 5.91 Å². The van der Waals surface area contributed by atoms with Crippen LogP contribution in [0.4, 0.5) is 11.6 Å². The number of benzene rings is 2. The number of hydrogen-bond donors (Lipinski definition) is 1. The van der Waals surface area contributed by atoms with Gasteiger partial charge in [0.1, 0.15) is 5.69 Å². The smallest absolute Gasteiger partial charge is 0.274 e. The minimum Gasteiger partial charge on any atom is -0.340 e. The molecule has 0 saturated heterocycles. The summed E-state index contributed by atoms with van der Waals surface area (Å²) in [5, 5.41) is 2.89. The minimum absolute atomic E-state index is 0.244. The van der Waals surface area contributed by atoms with Gasteiger partial charge in [-0.25, -0.2) is 9.97 Å². The molecule has 2 aromatic carbocycles. The molecule has 0 fully saturated rings. The molecular weight excluding hydrogens is 312 g/mol. The first kappa shape index (κ1) is 16.6. The second-order valence-electron chi connectivity index (χ2n) is 5.85. The zero-order valence-electron chi connectivity index (χ0n) is 14.3. The van der Waals surface area contributed by atoms with Crippen LogP contribution in [0.3, 0.4) is 0 Å². The summed E-state index contributed by atoms with van der Waals surface area (Å²) in [5.74, 6) is 0.271. The number of nitrogens with zero attached hydrogens (tertiary/aromatic N) is 3. The number of amides is 1. The van der Waals surface area contributed by atoms with Crippen LogP contribution in [0.1, 0.15) is 21.6 Å². The Morgan fingerprint density at radius 2 is 1.76 bits per heavy atom. The number of carbonyl (C=O) groups excluding carboxylic acids is 1. The monoisotopic (exact) mass is 332 g/mol. The maximum absolute atomic E-state index is 12.5. The van der Waals surface area contributed by atoms with Crippen LogP contribution in [-0.4, -0.2) is 22.9 Å². The predicted octanol–water partition coefficient (Wildman–Crippen LogP) is 3.67. The molecule has 126 valence electrons. The van der Waals surface area contributed by atoms with E-state index in [2.05, 4.69) is 15.3 Å². The Morgan fingerprint density at radius 1 is 1.04 bits per heavy atom. The summed E-state index contributed by atoms with van der Waals surface area (Å²) in [6, 6.07) is 19.3. The fraction of sp³-hybridized carbons (Fsp3) is 0.150. The van der Waals surface area contributed by atoms with Crippen LogP contribution in [0.15, 0.2) is 66.9 Å². The Labute approximate surface area is 147 Å². The van der Waals surface area contributed by atoms with Gasteiger partial charge in [-0.05, 0) is 30.2 Å². The molecule has 5 heteroatoms. The van der Waals surface area contributed by atoms with Crippen molar-refractivity contribution in [2.75, 3.05) is 17.3 Å². The Hall–Kier alpha value is -3.21. The molecule has 1 heterocycles. The predicted molar refractivity (Wildman–Crippen MR) is 99.7 cm³/mol. The SMILES string of the molecule is Cc1ccccc1NC(=O)c1ccnc(N(C)Cc2ccccc2)n1. The van der Waals surface area contributed by atoms with Gasteiger partial charge in [0.2, 0.25) is 5.95 Å². The summed E-state index contributed by atoms with van der Waals surface area (Å²) in [6.45, 7) is 2.62. The van der Waals surface area contributed by atoms with Crippen molar-refractivity contribution in [3.05, 3.63) is 83.7 Å². The van der Waals surface area contributed by atoms with Crippen molar-refractivity contribution in [2.24, 2.45) is 0 Å². The van der Waals surface area contributed by atoms with Gasteiger partial charge in [0.15, 0.2) is 0 Å². The highest BCUT2D eigenvalue weighted by Crippen LogP contribution is 2.15. The molecule has 1 N–H and O–H groups in total. The molecule has 0 saturated carbocycles. The van der Waals surface area contributed by atoms with Crippen molar-refractivity contribution < 1.29 is 4.79 Å². The van der Waals surface area contributed by atoms with Gasteiger partial charge in [0.05, 0.1) is 0 Å². The molecule has 1 aromatic heterocycles. The van der Waals surface area contributed by atoms with Crippen molar-refractivity contribution in [2.45, 2.75) is 13.5 Å². The molecule has 3 aromatic rings. The lowest BCUT2D eigenvalue weighted by Gasteiger charge is -2.17. The molecule has 0 unspecified atom stereocenters. The molecule has 1 amide bonds.